The number of halogens is 1. The van der Waals surface area contributed by atoms with E-state index in [2.05, 4.69) is 18.2 Å². The van der Waals surface area contributed by atoms with Gasteiger partial charge >= 0.3 is 5.97 Å². The average Bonchev–Trinajstić information content (AvgIpc) is 2.95. The number of rotatable bonds is 4. The summed E-state index contributed by atoms with van der Waals surface area (Å²) in [5, 5.41) is 9.11. The Bertz CT molecular complexity index is 532. The summed E-state index contributed by atoms with van der Waals surface area (Å²) in [6, 6.07) is 6.20. The molecule has 1 N–H and O–H groups in total. The van der Waals surface area contributed by atoms with Gasteiger partial charge in [-0.15, -0.1) is 11.6 Å². The van der Waals surface area contributed by atoms with Crippen molar-refractivity contribution in [3.05, 3.63) is 34.9 Å². The van der Waals surface area contributed by atoms with Crippen molar-refractivity contribution in [3.63, 3.8) is 0 Å². The van der Waals surface area contributed by atoms with E-state index in [1.807, 2.05) is 4.90 Å². The van der Waals surface area contributed by atoms with Gasteiger partial charge in [0.05, 0.1) is 5.38 Å². The molecule has 21 heavy (non-hydrogen) atoms. The van der Waals surface area contributed by atoms with Crippen molar-refractivity contribution in [2.75, 3.05) is 13.1 Å². The highest BCUT2D eigenvalue weighted by molar-refractivity contribution is 6.21. The third kappa shape index (κ3) is 3.24. The zero-order valence-corrected chi connectivity index (χ0v) is 13.0. The van der Waals surface area contributed by atoms with Crippen molar-refractivity contribution < 1.29 is 9.90 Å². The van der Waals surface area contributed by atoms with Gasteiger partial charge in [-0.25, -0.2) is 0 Å². The number of aryl methyl sites for hydroxylation is 2. The lowest BCUT2D eigenvalue weighted by atomic mass is 9.90. The van der Waals surface area contributed by atoms with Gasteiger partial charge in [0.25, 0.3) is 0 Å². The number of aliphatic carboxylic acids is 1. The summed E-state index contributed by atoms with van der Waals surface area (Å²) in [4.78, 5) is 13.3. The van der Waals surface area contributed by atoms with E-state index in [0.29, 0.717) is 6.54 Å². The molecule has 1 heterocycles. The number of carboxylic acids is 1. The number of hydrogen-bond donors (Lipinski definition) is 1. The van der Waals surface area contributed by atoms with Gasteiger partial charge in [0.2, 0.25) is 0 Å². The first kappa shape index (κ1) is 14.9. The number of alkyl halides is 1. The molecule has 3 rings (SSSR count). The van der Waals surface area contributed by atoms with E-state index in [1.165, 1.54) is 30.4 Å². The summed E-state index contributed by atoms with van der Waals surface area (Å²) < 4.78 is 0. The molecule has 2 aliphatic rings. The average molecular weight is 308 g/mol. The zero-order chi connectivity index (χ0) is 14.8. The van der Waals surface area contributed by atoms with Crippen LogP contribution in [0.1, 0.15) is 47.8 Å². The molecule has 0 bridgehead atoms. The minimum absolute atomic E-state index is 0.128. The fourth-order valence-corrected chi connectivity index (χ4v) is 3.90. The Morgan fingerprint density at radius 1 is 1.29 bits per heavy atom. The second-order valence-electron chi connectivity index (χ2n) is 6.19. The van der Waals surface area contributed by atoms with E-state index in [4.69, 9.17) is 11.6 Å². The molecule has 3 nitrogen and oxygen atoms in total. The number of carbonyl (C=O) groups is 1. The Balaban J connectivity index is 1.70. The summed E-state index contributed by atoms with van der Waals surface area (Å²) in [6.45, 7) is 1.46. The minimum atomic E-state index is -0.721. The Hall–Kier alpha value is -1.06. The number of likely N-dealkylation sites (tertiary alicyclic amines) is 1. The molecule has 2 unspecified atom stereocenters. The maximum absolute atomic E-state index is 11.2. The fourth-order valence-electron chi connectivity index (χ4n) is 3.58. The van der Waals surface area contributed by atoms with E-state index >= 15 is 0 Å². The predicted molar refractivity (Wildman–Crippen MR) is 83.9 cm³/mol. The van der Waals surface area contributed by atoms with Crippen LogP contribution in [0, 0.1) is 0 Å². The van der Waals surface area contributed by atoms with Crippen LogP contribution in [0.25, 0.3) is 0 Å². The van der Waals surface area contributed by atoms with Crippen LogP contribution in [-0.4, -0.2) is 35.1 Å². The van der Waals surface area contributed by atoms with Gasteiger partial charge in [0.1, 0.15) is 6.04 Å². The van der Waals surface area contributed by atoms with Crippen molar-refractivity contribution in [3.8, 4) is 0 Å². The topological polar surface area (TPSA) is 40.5 Å². The zero-order valence-electron chi connectivity index (χ0n) is 12.2. The van der Waals surface area contributed by atoms with Gasteiger partial charge in [0, 0.05) is 6.54 Å². The molecule has 0 spiro atoms. The first-order chi connectivity index (χ1) is 10.1. The van der Waals surface area contributed by atoms with Crippen LogP contribution < -0.4 is 0 Å². The molecule has 1 saturated heterocycles. The van der Waals surface area contributed by atoms with Crippen LogP contribution >= 0.6 is 11.6 Å². The molecule has 114 valence electrons. The van der Waals surface area contributed by atoms with Crippen LogP contribution in [0.4, 0.5) is 0 Å². The lowest BCUT2D eigenvalue weighted by Gasteiger charge is -2.25. The van der Waals surface area contributed by atoms with Crippen LogP contribution in [0.15, 0.2) is 18.2 Å². The quantitative estimate of drug-likeness (QED) is 0.867. The summed E-state index contributed by atoms with van der Waals surface area (Å²) in [6.07, 6.45) is 6.55. The highest BCUT2D eigenvalue weighted by Gasteiger charge is 2.31. The van der Waals surface area contributed by atoms with Crippen molar-refractivity contribution in [2.24, 2.45) is 0 Å². The van der Waals surface area contributed by atoms with Crippen LogP contribution in [-0.2, 0) is 17.6 Å². The Morgan fingerprint density at radius 3 is 2.81 bits per heavy atom. The fraction of sp³-hybridized carbons (Fsp3) is 0.588. The number of hydrogen-bond acceptors (Lipinski definition) is 2. The molecule has 1 aliphatic carbocycles. The van der Waals surface area contributed by atoms with Crippen molar-refractivity contribution in [2.45, 2.75) is 49.9 Å². The highest BCUT2D eigenvalue weighted by atomic mass is 35.5. The molecule has 1 fully saturated rings. The van der Waals surface area contributed by atoms with E-state index in [0.717, 1.165) is 31.4 Å². The smallest absolute Gasteiger partial charge is 0.320 e. The summed E-state index contributed by atoms with van der Waals surface area (Å²) in [5.74, 6) is -0.721. The van der Waals surface area contributed by atoms with E-state index in [1.54, 1.807) is 0 Å². The molecule has 2 atom stereocenters. The summed E-state index contributed by atoms with van der Waals surface area (Å²) in [5.41, 5.74) is 4.02. The Labute approximate surface area is 130 Å². The third-order valence-electron chi connectivity index (χ3n) is 4.78. The summed E-state index contributed by atoms with van der Waals surface area (Å²) >= 11 is 6.56. The Kier molecular flexibility index (Phi) is 4.51. The first-order valence-corrected chi connectivity index (χ1v) is 8.31. The van der Waals surface area contributed by atoms with E-state index in [-0.39, 0.29) is 11.4 Å². The lowest BCUT2D eigenvalue weighted by Crippen LogP contribution is -2.37. The molecule has 0 saturated carbocycles. The van der Waals surface area contributed by atoms with Gasteiger partial charge in [0.15, 0.2) is 0 Å². The SMILES string of the molecule is O=C(O)C1CCCN1CC(Cl)c1ccc2c(c1)CCCC2. The predicted octanol–water partition coefficient (Wildman–Crippen LogP) is 3.39. The number of fused-ring (bicyclic) bond motifs is 1. The van der Waals surface area contributed by atoms with Gasteiger partial charge in [-0.3, -0.25) is 9.69 Å². The van der Waals surface area contributed by atoms with E-state index in [9.17, 15) is 9.90 Å². The maximum Gasteiger partial charge on any atom is 0.320 e. The number of benzene rings is 1. The minimum Gasteiger partial charge on any atom is -0.480 e. The number of carboxylic acid groups (broad SMARTS) is 1. The first-order valence-electron chi connectivity index (χ1n) is 7.88. The number of nitrogens with zero attached hydrogens (tertiary/aromatic N) is 1. The maximum atomic E-state index is 11.2. The van der Waals surface area contributed by atoms with Gasteiger partial charge < -0.3 is 5.11 Å². The van der Waals surface area contributed by atoms with Crippen LogP contribution in [0.3, 0.4) is 0 Å². The molecule has 1 aromatic carbocycles. The van der Waals surface area contributed by atoms with Gasteiger partial charge in [-0.05, 0) is 61.8 Å². The van der Waals surface area contributed by atoms with Crippen molar-refractivity contribution in [1.82, 2.24) is 4.90 Å². The largest absolute Gasteiger partial charge is 0.480 e. The van der Waals surface area contributed by atoms with Crippen LogP contribution in [0.5, 0.6) is 0 Å². The molecule has 4 heteroatoms. The van der Waals surface area contributed by atoms with Gasteiger partial charge in [-0.2, -0.15) is 0 Å². The molecular formula is C17H22ClNO2. The molecule has 1 aliphatic heterocycles. The second kappa shape index (κ2) is 6.37. The van der Waals surface area contributed by atoms with Crippen molar-refractivity contribution in [1.29, 1.82) is 0 Å². The highest BCUT2D eigenvalue weighted by Crippen LogP contribution is 2.30. The Morgan fingerprint density at radius 2 is 2.05 bits per heavy atom. The molecule has 0 amide bonds. The van der Waals surface area contributed by atoms with Gasteiger partial charge in [-0.1, -0.05) is 18.2 Å². The standard InChI is InChI=1S/C17H22ClNO2/c18-15(11-19-9-3-6-16(19)17(20)21)14-8-7-12-4-1-2-5-13(12)10-14/h7-8,10,15-16H,1-6,9,11H2,(H,20,21). The molecule has 0 aromatic heterocycles. The normalized spacial score (nSPS) is 23.8. The summed E-state index contributed by atoms with van der Waals surface area (Å²) in [7, 11) is 0. The van der Waals surface area contributed by atoms with Crippen LogP contribution in [0.2, 0.25) is 0 Å². The van der Waals surface area contributed by atoms with Crippen molar-refractivity contribution >= 4 is 17.6 Å². The van der Waals surface area contributed by atoms with E-state index < -0.39 is 5.97 Å². The second-order valence-corrected chi connectivity index (χ2v) is 6.72. The monoisotopic (exact) mass is 307 g/mol. The molecular weight excluding hydrogens is 286 g/mol. The molecule has 1 aromatic rings. The molecule has 0 radical (unpaired) electrons. The third-order valence-corrected chi connectivity index (χ3v) is 5.17. The lowest BCUT2D eigenvalue weighted by molar-refractivity contribution is -0.142.